The van der Waals surface area contributed by atoms with Gasteiger partial charge in [0.2, 0.25) is 5.16 Å². The van der Waals surface area contributed by atoms with E-state index in [4.69, 9.17) is 4.74 Å². The minimum atomic E-state index is -0.694. The first kappa shape index (κ1) is 21.0. The van der Waals surface area contributed by atoms with Gasteiger partial charge in [0.05, 0.1) is 11.8 Å². The zero-order chi connectivity index (χ0) is 20.8. The summed E-state index contributed by atoms with van der Waals surface area (Å²) in [5.41, 5.74) is 2.75. The number of rotatable bonds is 9. The van der Waals surface area contributed by atoms with Gasteiger partial charge in [0.15, 0.2) is 5.78 Å². The maximum atomic E-state index is 11.3. The van der Waals surface area contributed by atoms with Crippen LogP contribution >= 0.6 is 11.8 Å². The quantitative estimate of drug-likeness (QED) is 0.425. The zero-order valence-electron chi connectivity index (χ0n) is 16.6. The lowest BCUT2D eigenvalue weighted by molar-refractivity contribution is 0.101. The Morgan fingerprint density at radius 3 is 2.45 bits per heavy atom. The molecule has 3 rings (SSSR count). The lowest BCUT2D eigenvalue weighted by Gasteiger charge is -2.12. The maximum Gasteiger partial charge on any atom is 0.214 e. The van der Waals surface area contributed by atoms with Crippen molar-refractivity contribution in [2.45, 2.75) is 37.9 Å². The SMILES string of the molecule is CC(=O)c1ccc(OC[C@@H](O)CSc2nnnn2-c2ccc(C(C)C)cc2)cc1. The molecule has 3 aromatic rings. The van der Waals surface area contributed by atoms with E-state index in [1.54, 1.807) is 28.9 Å². The van der Waals surface area contributed by atoms with Gasteiger partial charge in [0.25, 0.3) is 0 Å². The minimum Gasteiger partial charge on any atom is -0.491 e. The number of ketones is 1. The molecule has 0 radical (unpaired) electrons. The summed E-state index contributed by atoms with van der Waals surface area (Å²) in [7, 11) is 0. The Balaban J connectivity index is 1.53. The van der Waals surface area contributed by atoms with Gasteiger partial charge >= 0.3 is 0 Å². The molecule has 29 heavy (non-hydrogen) atoms. The molecule has 0 aliphatic carbocycles. The largest absolute Gasteiger partial charge is 0.491 e. The molecule has 7 nitrogen and oxygen atoms in total. The maximum absolute atomic E-state index is 11.3. The molecule has 0 saturated heterocycles. The van der Waals surface area contributed by atoms with Gasteiger partial charge in [-0.15, -0.1) is 5.10 Å². The van der Waals surface area contributed by atoms with E-state index in [9.17, 15) is 9.90 Å². The highest BCUT2D eigenvalue weighted by Gasteiger charge is 2.13. The number of ether oxygens (including phenoxy) is 1. The highest BCUT2D eigenvalue weighted by Crippen LogP contribution is 2.21. The number of carbonyl (C=O) groups excluding carboxylic acids is 1. The molecule has 0 saturated carbocycles. The fourth-order valence-electron chi connectivity index (χ4n) is 2.63. The van der Waals surface area contributed by atoms with E-state index in [1.807, 2.05) is 12.1 Å². The summed E-state index contributed by atoms with van der Waals surface area (Å²) in [6.07, 6.45) is -0.694. The van der Waals surface area contributed by atoms with Crippen molar-refractivity contribution in [1.29, 1.82) is 0 Å². The van der Waals surface area contributed by atoms with Crippen LogP contribution < -0.4 is 4.74 Å². The molecule has 1 N–H and O–H groups in total. The van der Waals surface area contributed by atoms with E-state index < -0.39 is 6.10 Å². The molecule has 1 heterocycles. The molecule has 8 heteroatoms. The van der Waals surface area contributed by atoms with Crippen LogP contribution in [0.15, 0.2) is 53.7 Å². The molecule has 0 bridgehead atoms. The molecule has 2 aromatic carbocycles. The molecule has 0 fully saturated rings. The Labute approximate surface area is 174 Å². The third kappa shape index (κ3) is 5.65. The van der Waals surface area contributed by atoms with Crippen LogP contribution in [0.1, 0.15) is 42.6 Å². The number of hydrogen-bond donors (Lipinski definition) is 1. The molecular formula is C21H24N4O3S. The number of aliphatic hydroxyl groups excluding tert-OH is 1. The standard InChI is InChI=1S/C21H24N4O3S/c1-14(2)16-4-8-18(9-5-16)25-21(22-23-24-25)29-13-19(27)12-28-20-10-6-17(7-11-20)15(3)26/h4-11,14,19,27H,12-13H2,1-3H3/t19-/m1/s1. The van der Waals surface area contributed by atoms with Crippen LogP contribution in [0.3, 0.4) is 0 Å². The summed E-state index contributed by atoms with van der Waals surface area (Å²) in [5, 5.41) is 22.7. The van der Waals surface area contributed by atoms with Crippen molar-refractivity contribution >= 4 is 17.5 Å². The van der Waals surface area contributed by atoms with Crippen LogP contribution in [0.2, 0.25) is 0 Å². The van der Waals surface area contributed by atoms with E-state index in [0.29, 0.717) is 28.1 Å². The third-order valence-corrected chi connectivity index (χ3v) is 5.42. The summed E-state index contributed by atoms with van der Waals surface area (Å²) in [6, 6.07) is 15.0. The van der Waals surface area contributed by atoms with Crippen LogP contribution in [0.5, 0.6) is 5.75 Å². The van der Waals surface area contributed by atoms with Crippen LogP contribution in [-0.2, 0) is 0 Å². The van der Waals surface area contributed by atoms with Crippen LogP contribution in [0.25, 0.3) is 5.69 Å². The second-order valence-electron chi connectivity index (χ2n) is 6.98. The van der Waals surface area contributed by atoms with E-state index in [2.05, 4.69) is 41.5 Å². The van der Waals surface area contributed by atoms with Crippen LogP contribution in [0.4, 0.5) is 0 Å². The van der Waals surface area contributed by atoms with Crippen molar-refractivity contribution in [1.82, 2.24) is 20.2 Å². The van der Waals surface area contributed by atoms with Gasteiger partial charge in [0.1, 0.15) is 12.4 Å². The number of aliphatic hydroxyl groups is 1. The average molecular weight is 413 g/mol. The minimum absolute atomic E-state index is 0.00421. The summed E-state index contributed by atoms with van der Waals surface area (Å²) >= 11 is 1.36. The lowest BCUT2D eigenvalue weighted by Crippen LogP contribution is -2.20. The van der Waals surface area contributed by atoms with Gasteiger partial charge < -0.3 is 9.84 Å². The molecule has 1 atom stereocenters. The van der Waals surface area contributed by atoms with Gasteiger partial charge in [-0.3, -0.25) is 4.79 Å². The van der Waals surface area contributed by atoms with Crippen LogP contribution in [-0.4, -0.2) is 49.6 Å². The van der Waals surface area contributed by atoms with Crippen molar-refractivity contribution < 1.29 is 14.6 Å². The number of tetrazole rings is 1. The number of aromatic nitrogens is 4. The fraction of sp³-hybridized carbons (Fsp3) is 0.333. The Morgan fingerprint density at radius 1 is 1.14 bits per heavy atom. The molecule has 0 spiro atoms. The van der Waals surface area contributed by atoms with Crippen molar-refractivity contribution in [3.63, 3.8) is 0 Å². The van der Waals surface area contributed by atoms with E-state index >= 15 is 0 Å². The number of hydrogen-bond acceptors (Lipinski definition) is 7. The Hall–Kier alpha value is -2.71. The molecule has 1 aromatic heterocycles. The van der Waals surface area contributed by atoms with Gasteiger partial charge in [-0.25, -0.2) is 0 Å². The van der Waals surface area contributed by atoms with Crippen molar-refractivity contribution in [2.24, 2.45) is 0 Å². The molecule has 0 aliphatic heterocycles. The molecule has 0 unspecified atom stereocenters. The van der Waals surface area contributed by atoms with E-state index in [0.717, 1.165) is 5.69 Å². The van der Waals surface area contributed by atoms with Crippen molar-refractivity contribution in [3.05, 3.63) is 59.7 Å². The predicted octanol–water partition coefficient (Wildman–Crippen LogP) is 3.52. The van der Waals surface area contributed by atoms with E-state index in [1.165, 1.54) is 24.2 Å². The summed E-state index contributed by atoms with van der Waals surface area (Å²) in [5.74, 6) is 1.45. The molecule has 0 aliphatic rings. The van der Waals surface area contributed by atoms with Gasteiger partial charge in [-0.2, -0.15) is 4.68 Å². The van der Waals surface area contributed by atoms with Gasteiger partial charge in [0, 0.05) is 11.3 Å². The molecule has 0 amide bonds. The number of Topliss-reactive ketones (excluding diaryl/α,β-unsaturated/α-hetero) is 1. The Kier molecular flexibility index (Phi) is 7.00. The highest BCUT2D eigenvalue weighted by molar-refractivity contribution is 7.99. The predicted molar refractivity (Wildman–Crippen MR) is 112 cm³/mol. The smallest absolute Gasteiger partial charge is 0.214 e. The number of thioether (sulfide) groups is 1. The summed E-state index contributed by atoms with van der Waals surface area (Å²) < 4.78 is 7.25. The number of benzene rings is 2. The zero-order valence-corrected chi connectivity index (χ0v) is 17.5. The second-order valence-corrected chi connectivity index (χ2v) is 7.96. The van der Waals surface area contributed by atoms with Gasteiger partial charge in [-0.1, -0.05) is 37.7 Å². The van der Waals surface area contributed by atoms with Crippen molar-refractivity contribution in [3.8, 4) is 11.4 Å². The Bertz CT molecular complexity index is 939. The summed E-state index contributed by atoms with van der Waals surface area (Å²) in [6.45, 7) is 5.95. The number of nitrogens with zero attached hydrogens (tertiary/aromatic N) is 4. The summed E-state index contributed by atoms with van der Waals surface area (Å²) in [4.78, 5) is 11.3. The normalized spacial score (nSPS) is 12.2. The molecule has 152 valence electrons. The molecular weight excluding hydrogens is 388 g/mol. The second kappa shape index (κ2) is 9.67. The van der Waals surface area contributed by atoms with E-state index in [-0.39, 0.29) is 12.4 Å². The number of carbonyl (C=O) groups is 1. The Morgan fingerprint density at radius 2 is 1.83 bits per heavy atom. The first-order chi connectivity index (χ1) is 13.9. The van der Waals surface area contributed by atoms with Crippen LogP contribution in [0, 0.1) is 0 Å². The van der Waals surface area contributed by atoms with Gasteiger partial charge in [-0.05, 0) is 65.2 Å². The lowest BCUT2D eigenvalue weighted by atomic mass is 10.0. The monoisotopic (exact) mass is 412 g/mol. The topological polar surface area (TPSA) is 90.1 Å². The third-order valence-electron chi connectivity index (χ3n) is 4.35. The highest BCUT2D eigenvalue weighted by atomic mass is 32.2. The van der Waals surface area contributed by atoms with Crippen molar-refractivity contribution in [2.75, 3.05) is 12.4 Å². The average Bonchev–Trinajstić information content (AvgIpc) is 3.19. The first-order valence-electron chi connectivity index (χ1n) is 9.37. The fourth-order valence-corrected chi connectivity index (χ4v) is 3.42. The first-order valence-corrected chi connectivity index (χ1v) is 10.4.